The van der Waals surface area contributed by atoms with Crippen molar-refractivity contribution >= 4 is 10.8 Å². The normalized spacial score (nSPS) is 21.0. The van der Waals surface area contributed by atoms with Gasteiger partial charge in [-0.2, -0.15) is 0 Å². The summed E-state index contributed by atoms with van der Waals surface area (Å²) in [5, 5.41) is 2.64. The summed E-state index contributed by atoms with van der Waals surface area (Å²) in [6, 6.07) is 22.9. The minimum Gasteiger partial charge on any atom is -0.379 e. The van der Waals surface area contributed by atoms with Crippen molar-refractivity contribution in [2.24, 2.45) is 0 Å². The molecule has 5 rings (SSSR count). The Bertz CT molecular complexity index is 1050. The first kappa shape index (κ1) is 19.7. The van der Waals surface area contributed by atoms with Gasteiger partial charge in [-0.1, -0.05) is 60.7 Å². The monoisotopic (exact) mass is 400 g/mol. The second kappa shape index (κ2) is 7.81. The van der Waals surface area contributed by atoms with Crippen LogP contribution in [0.2, 0.25) is 0 Å². The molecule has 0 amide bonds. The largest absolute Gasteiger partial charge is 0.379 e. The van der Waals surface area contributed by atoms with Gasteiger partial charge in [0.1, 0.15) is 0 Å². The minimum atomic E-state index is 0.0211. The van der Waals surface area contributed by atoms with Gasteiger partial charge >= 0.3 is 0 Å². The molecule has 2 heterocycles. The van der Waals surface area contributed by atoms with E-state index < -0.39 is 0 Å². The Balaban J connectivity index is 1.51. The van der Waals surface area contributed by atoms with E-state index in [1.165, 1.54) is 33.0 Å². The van der Waals surface area contributed by atoms with Gasteiger partial charge in [-0.25, -0.2) is 0 Å². The summed E-state index contributed by atoms with van der Waals surface area (Å²) in [5.41, 5.74) is 5.82. The molecule has 1 fully saturated rings. The fraction of sp³-hybridized carbons (Fsp3) is 0.407. The molecule has 2 aliphatic heterocycles. The summed E-state index contributed by atoms with van der Waals surface area (Å²) >= 11 is 0. The van der Waals surface area contributed by atoms with Crippen molar-refractivity contribution in [3.63, 3.8) is 0 Å². The highest BCUT2D eigenvalue weighted by molar-refractivity contribution is 5.83. The standard InChI is InChI=1S/C27H32N2O/c1-27(2,29-12-14-30-15-13-29)24-10-11-25-23(17-24)18-28(3)19-26(25)22-9-8-20-6-4-5-7-21(20)16-22/h4-11,16-17,26H,12-15,18-19H2,1-3H3. The zero-order valence-electron chi connectivity index (χ0n) is 18.4. The van der Waals surface area contributed by atoms with Gasteiger partial charge in [-0.05, 0) is 53.9 Å². The van der Waals surface area contributed by atoms with Crippen LogP contribution in [0.5, 0.6) is 0 Å². The Labute approximate surface area is 180 Å². The molecular weight excluding hydrogens is 368 g/mol. The Hall–Kier alpha value is -2.20. The van der Waals surface area contributed by atoms with E-state index in [0.717, 1.165) is 39.4 Å². The van der Waals surface area contributed by atoms with Crippen LogP contribution < -0.4 is 0 Å². The number of hydrogen-bond donors (Lipinski definition) is 0. The minimum absolute atomic E-state index is 0.0211. The number of fused-ring (bicyclic) bond motifs is 2. The van der Waals surface area contributed by atoms with Crippen LogP contribution in [0.15, 0.2) is 60.7 Å². The lowest BCUT2D eigenvalue weighted by Gasteiger charge is -2.42. The van der Waals surface area contributed by atoms with Crippen molar-refractivity contribution in [1.82, 2.24) is 9.80 Å². The van der Waals surface area contributed by atoms with Gasteiger partial charge < -0.3 is 9.64 Å². The number of ether oxygens (including phenoxy) is 1. The van der Waals surface area contributed by atoms with Crippen LogP contribution in [0.3, 0.4) is 0 Å². The van der Waals surface area contributed by atoms with Crippen LogP contribution in [-0.4, -0.2) is 49.7 Å². The van der Waals surface area contributed by atoms with E-state index in [0.29, 0.717) is 5.92 Å². The molecule has 0 radical (unpaired) electrons. The average molecular weight is 401 g/mol. The third-order valence-corrected chi connectivity index (χ3v) is 7.14. The third-order valence-electron chi connectivity index (χ3n) is 7.14. The van der Waals surface area contributed by atoms with E-state index in [4.69, 9.17) is 4.74 Å². The summed E-state index contributed by atoms with van der Waals surface area (Å²) in [6.07, 6.45) is 0. The molecule has 0 bridgehead atoms. The average Bonchev–Trinajstić information content (AvgIpc) is 2.78. The molecule has 3 heteroatoms. The second-order valence-electron chi connectivity index (χ2n) is 9.43. The number of benzene rings is 3. The van der Waals surface area contributed by atoms with Crippen LogP contribution in [0.4, 0.5) is 0 Å². The van der Waals surface area contributed by atoms with Crippen LogP contribution in [0.25, 0.3) is 10.8 Å². The Morgan fingerprint density at radius 2 is 1.67 bits per heavy atom. The highest BCUT2D eigenvalue weighted by Crippen LogP contribution is 2.37. The van der Waals surface area contributed by atoms with Crippen LogP contribution >= 0.6 is 0 Å². The quantitative estimate of drug-likeness (QED) is 0.616. The third kappa shape index (κ3) is 3.56. The van der Waals surface area contributed by atoms with Crippen molar-refractivity contribution in [2.45, 2.75) is 31.8 Å². The SMILES string of the molecule is CN1Cc2cc(C(C)(C)N3CCOCC3)ccc2C(c2ccc3ccccc3c2)C1. The fourth-order valence-corrected chi connectivity index (χ4v) is 5.24. The molecule has 0 N–H and O–H groups in total. The van der Waals surface area contributed by atoms with Gasteiger partial charge in [0.25, 0.3) is 0 Å². The first-order valence-electron chi connectivity index (χ1n) is 11.2. The molecular formula is C27H32N2O. The molecule has 3 aromatic carbocycles. The van der Waals surface area contributed by atoms with Gasteiger partial charge in [-0.3, -0.25) is 4.90 Å². The highest BCUT2D eigenvalue weighted by Gasteiger charge is 2.32. The molecule has 30 heavy (non-hydrogen) atoms. The number of hydrogen-bond acceptors (Lipinski definition) is 3. The molecule has 0 saturated carbocycles. The molecule has 3 nitrogen and oxygen atoms in total. The van der Waals surface area contributed by atoms with E-state index in [1.807, 2.05) is 0 Å². The van der Waals surface area contributed by atoms with Crippen molar-refractivity contribution in [2.75, 3.05) is 39.9 Å². The van der Waals surface area contributed by atoms with Gasteiger partial charge in [-0.15, -0.1) is 0 Å². The van der Waals surface area contributed by atoms with Gasteiger partial charge in [0.15, 0.2) is 0 Å². The van der Waals surface area contributed by atoms with Crippen molar-refractivity contribution in [3.8, 4) is 0 Å². The Morgan fingerprint density at radius 3 is 2.47 bits per heavy atom. The Kier molecular flexibility index (Phi) is 5.14. The predicted octanol–water partition coefficient (Wildman–Crippen LogP) is 4.98. The topological polar surface area (TPSA) is 15.7 Å². The summed E-state index contributed by atoms with van der Waals surface area (Å²) in [5.74, 6) is 0.420. The van der Waals surface area contributed by atoms with Gasteiger partial charge in [0, 0.05) is 37.6 Å². The van der Waals surface area contributed by atoms with Crippen LogP contribution in [0.1, 0.15) is 42.0 Å². The molecule has 1 unspecified atom stereocenters. The summed E-state index contributed by atoms with van der Waals surface area (Å²) < 4.78 is 5.58. The molecule has 3 aromatic rings. The van der Waals surface area contributed by atoms with Crippen LogP contribution in [-0.2, 0) is 16.8 Å². The van der Waals surface area contributed by atoms with Gasteiger partial charge in [0.05, 0.1) is 13.2 Å². The van der Waals surface area contributed by atoms with E-state index >= 15 is 0 Å². The first-order valence-corrected chi connectivity index (χ1v) is 11.2. The summed E-state index contributed by atoms with van der Waals surface area (Å²) in [6.45, 7) is 10.5. The predicted molar refractivity (Wildman–Crippen MR) is 124 cm³/mol. The smallest absolute Gasteiger partial charge is 0.0594 e. The maximum atomic E-state index is 5.58. The molecule has 156 valence electrons. The summed E-state index contributed by atoms with van der Waals surface area (Å²) in [7, 11) is 2.25. The maximum Gasteiger partial charge on any atom is 0.0594 e. The lowest BCUT2D eigenvalue weighted by Crippen LogP contribution is -2.48. The van der Waals surface area contributed by atoms with Crippen molar-refractivity contribution < 1.29 is 4.74 Å². The lowest BCUT2D eigenvalue weighted by atomic mass is 9.81. The number of likely N-dealkylation sites (N-methyl/N-ethyl adjacent to an activating group) is 1. The molecule has 1 saturated heterocycles. The number of nitrogens with zero attached hydrogens (tertiary/aromatic N) is 2. The van der Waals surface area contributed by atoms with E-state index in [1.54, 1.807) is 0 Å². The molecule has 1 atom stereocenters. The van der Waals surface area contributed by atoms with E-state index in [9.17, 15) is 0 Å². The van der Waals surface area contributed by atoms with Crippen molar-refractivity contribution in [1.29, 1.82) is 0 Å². The fourth-order valence-electron chi connectivity index (χ4n) is 5.24. The summed E-state index contributed by atoms with van der Waals surface area (Å²) in [4.78, 5) is 5.03. The zero-order valence-corrected chi connectivity index (χ0v) is 18.4. The molecule has 0 spiro atoms. The number of rotatable bonds is 3. The zero-order chi connectivity index (χ0) is 20.7. The highest BCUT2D eigenvalue weighted by atomic mass is 16.5. The number of morpholine rings is 1. The van der Waals surface area contributed by atoms with E-state index in [2.05, 4.69) is 91.4 Å². The Morgan fingerprint density at radius 1 is 0.900 bits per heavy atom. The van der Waals surface area contributed by atoms with Crippen molar-refractivity contribution in [3.05, 3.63) is 82.9 Å². The van der Waals surface area contributed by atoms with Crippen LogP contribution in [0, 0.1) is 0 Å². The lowest BCUT2D eigenvalue weighted by molar-refractivity contribution is -0.0118. The second-order valence-corrected chi connectivity index (χ2v) is 9.43. The first-order chi connectivity index (χ1) is 14.5. The molecule has 0 aliphatic carbocycles. The molecule has 2 aliphatic rings. The molecule has 0 aromatic heterocycles. The van der Waals surface area contributed by atoms with Gasteiger partial charge in [0.2, 0.25) is 0 Å². The van der Waals surface area contributed by atoms with E-state index in [-0.39, 0.29) is 5.54 Å². The maximum absolute atomic E-state index is 5.58.